The second-order valence-electron chi connectivity index (χ2n) is 8.70. The fraction of sp³-hybridized carbons (Fsp3) is 0.900. The van der Waals surface area contributed by atoms with Crippen LogP contribution in [0.3, 0.4) is 0 Å². The SMILES string of the molecule is C=CC(C)(C)[C@@H](O)C[C@@H]1CCOC2(C[C@H](C)CC[C@H]2C(C)C)O1. The molecule has 1 heterocycles. The number of aliphatic hydroxyl groups excluding tert-OH is 1. The van der Waals surface area contributed by atoms with Gasteiger partial charge in [-0.1, -0.05) is 47.1 Å². The minimum atomic E-state index is -0.438. The van der Waals surface area contributed by atoms with E-state index in [2.05, 4.69) is 27.4 Å². The summed E-state index contributed by atoms with van der Waals surface area (Å²) >= 11 is 0. The van der Waals surface area contributed by atoms with Crippen LogP contribution >= 0.6 is 0 Å². The molecule has 3 nitrogen and oxygen atoms in total. The van der Waals surface area contributed by atoms with Gasteiger partial charge in [-0.3, -0.25) is 0 Å². The standard InChI is InChI=1S/C20H36O3/c1-7-19(5,6)18(21)12-16-10-11-22-20(23-16)13-15(4)8-9-17(20)14(2)3/h7,14-18,21H,1,8-13H2,2-6H3/t15-,16+,17+,18+,20?/m1/s1. The first kappa shape index (κ1) is 19.0. The summed E-state index contributed by atoms with van der Waals surface area (Å²) in [6.07, 6.45) is 6.41. The van der Waals surface area contributed by atoms with Gasteiger partial charge in [-0.2, -0.15) is 0 Å². The number of aliphatic hydroxyl groups is 1. The minimum absolute atomic E-state index is 0.0736. The van der Waals surface area contributed by atoms with Crippen LogP contribution in [0, 0.1) is 23.2 Å². The maximum absolute atomic E-state index is 10.6. The van der Waals surface area contributed by atoms with Gasteiger partial charge in [0.25, 0.3) is 0 Å². The van der Waals surface area contributed by atoms with Crippen molar-refractivity contribution in [2.45, 2.75) is 84.7 Å². The first-order valence-electron chi connectivity index (χ1n) is 9.33. The third-order valence-electron chi connectivity index (χ3n) is 6.00. The van der Waals surface area contributed by atoms with Crippen molar-refractivity contribution in [2.24, 2.45) is 23.2 Å². The molecular formula is C20H36O3. The Kier molecular flexibility index (Phi) is 5.97. The molecule has 2 fully saturated rings. The molecule has 1 saturated heterocycles. The molecule has 5 atom stereocenters. The Morgan fingerprint density at radius 1 is 1.30 bits per heavy atom. The summed E-state index contributed by atoms with van der Waals surface area (Å²) in [4.78, 5) is 0. The number of rotatable bonds is 5. The van der Waals surface area contributed by atoms with Crippen molar-refractivity contribution in [1.82, 2.24) is 0 Å². The van der Waals surface area contributed by atoms with Gasteiger partial charge in [-0.15, -0.1) is 6.58 Å². The smallest absolute Gasteiger partial charge is 0.171 e. The summed E-state index contributed by atoms with van der Waals surface area (Å²) in [6, 6.07) is 0. The average molecular weight is 325 g/mol. The van der Waals surface area contributed by atoms with E-state index in [4.69, 9.17) is 9.47 Å². The maximum Gasteiger partial charge on any atom is 0.171 e. The summed E-state index contributed by atoms with van der Waals surface area (Å²) in [7, 11) is 0. The van der Waals surface area contributed by atoms with E-state index in [1.807, 2.05) is 19.9 Å². The van der Waals surface area contributed by atoms with E-state index in [0.717, 1.165) is 19.4 Å². The molecule has 0 amide bonds. The molecule has 134 valence electrons. The molecule has 2 aliphatic rings. The lowest BCUT2D eigenvalue weighted by atomic mass is 9.72. The molecule has 0 radical (unpaired) electrons. The number of hydrogen-bond donors (Lipinski definition) is 1. The van der Waals surface area contributed by atoms with E-state index >= 15 is 0 Å². The zero-order valence-electron chi connectivity index (χ0n) is 15.7. The lowest BCUT2D eigenvalue weighted by Crippen LogP contribution is -2.55. The molecular weight excluding hydrogens is 288 g/mol. The highest BCUT2D eigenvalue weighted by molar-refractivity contribution is 4.96. The summed E-state index contributed by atoms with van der Waals surface area (Å²) in [5.41, 5.74) is -0.286. The fourth-order valence-corrected chi connectivity index (χ4v) is 4.16. The quantitative estimate of drug-likeness (QED) is 0.754. The normalized spacial score (nSPS) is 37.1. The largest absolute Gasteiger partial charge is 0.392 e. The van der Waals surface area contributed by atoms with Gasteiger partial charge in [0.05, 0.1) is 18.8 Å². The molecule has 1 unspecified atom stereocenters. The van der Waals surface area contributed by atoms with Crippen molar-refractivity contribution in [3.8, 4) is 0 Å². The third kappa shape index (κ3) is 4.18. The molecule has 0 aromatic carbocycles. The Morgan fingerprint density at radius 3 is 2.61 bits per heavy atom. The van der Waals surface area contributed by atoms with Crippen molar-refractivity contribution < 1.29 is 14.6 Å². The average Bonchev–Trinajstić information content (AvgIpc) is 2.46. The second-order valence-corrected chi connectivity index (χ2v) is 8.70. The lowest BCUT2D eigenvalue weighted by Gasteiger charge is -2.51. The molecule has 2 rings (SSSR count). The van der Waals surface area contributed by atoms with Gasteiger partial charge < -0.3 is 14.6 Å². The van der Waals surface area contributed by atoms with Gasteiger partial charge >= 0.3 is 0 Å². The lowest BCUT2D eigenvalue weighted by molar-refractivity contribution is -0.341. The topological polar surface area (TPSA) is 38.7 Å². The summed E-state index contributed by atoms with van der Waals surface area (Å²) in [6.45, 7) is 15.5. The zero-order chi connectivity index (χ0) is 17.3. The fourth-order valence-electron chi connectivity index (χ4n) is 4.16. The van der Waals surface area contributed by atoms with E-state index in [-0.39, 0.29) is 11.5 Å². The minimum Gasteiger partial charge on any atom is -0.392 e. The molecule has 1 spiro atoms. The van der Waals surface area contributed by atoms with E-state index in [1.165, 1.54) is 12.8 Å². The van der Waals surface area contributed by atoms with Gasteiger partial charge in [0.2, 0.25) is 0 Å². The van der Waals surface area contributed by atoms with Crippen molar-refractivity contribution >= 4 is 0 Å². The summed E-state index contributed by atoms with van der Waals surface area (Å²) in [5.74, 6) is 1.20. The van der Waals surface area contributed by atoms with Crippen LogP contribution in [-0.4, -0.2) is 29.7 Å². The molecule has 0 aromatic rings. The highest BCUT2D eigenvalue weighted by atomic mass is 16.7. The number of ether oxygens (including phenoxy) is 2. The van der Waals surface area contributed by atoms with Crippen LogP contribution in [0.2, 0.25) is 0 Å². The van der Waals surface area contributed by atoms with Crippen LogP contribution in [0.5, 0.6) is 0 Å². The molecule has 0 bridgehead atoms. The second kappa shape index (κ2) is 7.25. The van der Waals surface area contributed by atoms with Crippen LogP contribution < -0.4 is 0 Å². The van der Waals surface area contributed by atoms with Gasteiger partial charge in [0.15, 0.2) is 5.79 Å². The predicted octanol–water partition coefficient (Wildman–Crippen LogP) is 4.54. The Bertz CT molecular complexity index is 404. The van der Waals surface area contributed by atoms with Gasteiger partial charge in [-0.25, -0.2) is 0 Å². The number of hydrogen-bond acceptors (Lipinski definition) is 3. The molecule has 23 heavy (non-hydrogen) atoms. The van der Waals surface area contributed by atoms with Gasteiger partial charge in [0, 0.05) is 24.2 Å². The van der Waals surface area contributed by atoms with Gasteiger partial charge in [0.1, 0.15) is 0 Å². The molecule has 1 saturated carbocycles. The molecule has 3 heteroatoms. The molecule has 1 aliphatic heterocycles. The monoisotopic (exact) mass is 324 g/mol. The van der Waals surface area contributed by atoms with Gasteiger partial charge in [-0.05, 0) is 24.7 Å². The highest BCUT2D eigenvalue weighted by Gasteiger charge is 2.50. The molecule has 1 N–H and O–H groups in total. The Labute approximate surface area is 142 Å². The van der Waals surface area contributed by atoms with Crippen LogP contribution in [0.4, 0.5) is 0 Å². The summed E-state index contributed by atoms with van der Waals surface area (Å²) in [5, 5.41) is 10.6. The predicted molar refractivity (Wildman–Crippen MR) is 94.1 cm³/mol. The van der Waals surface area contributed by atoms with Crippen molar-refractivity contribution in [3.05, 3.63) is 12.7 Å². The van der Waals surface area contributed by atoms with E-state index in [0.29, 0.717) is 24.2 Å². The van der Waals surface area contributed by atoms with Crippen molar-refractivity contribution in [3.63, 3.8) is 0 Å². The van der Waals surface area contributed by atoms with Crippen LogP contribution in [0.15, 0.2) is 12.7 Å². The third-order valence-corrected chi connectivity index (χ3v) is 6.00. The Balaban J connectivity index is 2.10. The molecule has 0 aromatic heterocycles. The van der Waals surface area contributed by atoms with E-state index in [9.17, 15) is 5.11 Å². The Morgan fingerprint density at radius 2 is 2.00 bits per heavy atom. The van der Waals surface area contributed by atoms with Crippen molar-refractivity contribution in [1.29, 1.82) is 0 Å². The van der Waals surface area contributed by atoms with E-state index < -0.39 is 11.9 Å². The zero-order valence-corrected chi connectivity index (χ0v) is 15.7. The highest BCUT2D eigenvalue weighted by Crippen LogP contribution is 2.47. The Hall–Kier alpha value is -0.380. The first-order valence-corrected chi connectivity index (χ1v) is 9.33. The van der Waals surface area contributed by atoms with Crippen molar-refractivity contribution in [2.75, 3.05) is 6.61 Å². The first-order chi connectivity index (χ1) is 10.7. The van der Waals surface area contributed by atoms with Crippen LogP contribution in [-0.2, 0) is 9.47 Å². The van der Waals surface area contributed by atoms with Crippen LogP contribution in [0.25, 0.3) is 0 Å². The van der Waals surface area contributed by atoms with E-state index in [1.54, 1.807) is 0 Å². The van der Waals surface area contributed by atoms with Crippen LogP contribution in [0.1, 0.15) is 66.7 Å². The summed E-state index contributed by atoms with van der Waals surface area (Å²) < 4.78 is 12.8. The molecule has 1 aliphatic carbocycles. The maximum atomic E-state index is 10.6.